The summed E-state index contributed by atoms with van der Waals surface area (Å²) < 4.78 is 6.44. The lowest BCUT2D eigenvalue weighted by atomic mass is 10.1. The molecular formula is C22H30N8O3S. The van der Waals surface area contributed by atoms with E-state index in [1.165, 1.54) is 0 Å². The smallest absolute Gasteiger partial charge is 0.248 e. The Morgan fingerprint density at radius 3 is 2.68 bits per heavy atom. The molecule has 2 aromatic heterocycles. The zero-order chi connectivity index (χ0) is 24.1. The molecule has 2 aromatic rings. The average Bonchev–Trinajstić information content (AvgIpc) is 3.29. The third-order valence-electron chi connectivity index (χ3n) is 5.91. The van der Waals surface area contributed by atoms with Gasteiger partial charge in [0.05, 0.1) is 29.1 Å². The number of anilines is 1. The van der Waals surface area contributed by atoms with Gasteiger partial charge in [-0.25, -0.2) is 15.0 Å². The Balaban J connectivity index is 1.63. The molecule has 0 aromatic carbocycles. The van der Waals surface area contributed by atoms with E-state index in [0.717, 1.165) is 54.2 Å². The van der Waals surface area contributed by atoms with Crippen molar-refractivity contribution in [1.82, 2.24) is 19.8 Å². The minimum atomic E-state index is -0.442. The van der Waals surface area contributed by atoms with E-state index >= 15 is 0 Å². The molecule has 0 saturated carbocycles. The number of aliphatic hydroxyl groups excluding tert-OH is 1. The van der Waals surface area contributed by atoms with Crippen LogP contribution < -0.4 is 10.6 Å². The summed E-state index contributed by atoms with van der Waals surface area (Å²) in [6.07, 6.45) is 1.59. The first-order chi connectivity index (χ1) is 16.5. The van der Waals surface area contributed by atoms with Gasteiger partial charge in [-0.2, -0.15) is 0 Å². The highest BCUT2D eigenvalue weighted by atomic mass is 32.1. The second-order valence-electron chi connectivity index (χ2n) is 8.09. The molecule has 2 aliphatic rings. The van der Waals surface area contributed by atoms with Crippen LogP contribution in [0, 0.1) is 0 Å². The summed E-state index contributed by atoms with van der Waals surface area (Å²) in [6.45, 7) is 9.86. The SMILES string of the molecule is C=C(/C=N\C(N)=N/C)c1nc(N2CCOCC2)nc2c(CN3CCN(C(=O)CO)CC3)csc12. The fourth-order valence-electron chi connectivity index (χ4n) is 3.95. The maximum absolute atomic E-state index is 11.8. The molecule has 0 radical (unpaired) electrons. The third-order valence-corrected chi connectivity index (χ3v) is 6.94. The molecule has 0 spiro atoms. The van der Waals surface area contributed by atoms with Gasteiger partial charge in [0.25, 0.3) is 0 Å². The van der Waals surface area contributed by atoms with Gasteiger partial charge in [0.1, 0.15) is 6.61 Å². The number of aliphatic hydroxyl groups is 1. The summed E-state index contributed by atoms with van der Waals surface area (Å²) in [7, 11) is 1.58. The number of nitrogens with zero attached hydrogens (tertiary/aromatic N) is 7. The van der Waals surface area contributed by atoms with Gasteiger partial charge in [-0.3, -0.25) is 14.7 Å². The highest BCUT2D eigenvalue weighted by Crippen LogP contribution is 2.32. The Morgan fingerprint density at radius 1 is 1.26 bits per heavy atom. The van der Waals surface area contributed by atoms with Crippen molar-refractivity contribution in [3.63, 3.8) is 0 Å². The van der Waals surface area contributed by atoms with Gasteiger partial charge in [-0.05, 0) is 5.38 Å². The fourth-order valence-corrected chi connectivity index (χ4v) is 4.97. The van der Waals surface area contributed by atoms with Crippen LogP contribution in [0.5, 0.6) is 0 Å². The van der Waals surface area contributed by atoms with Crippen molar-refractivity contribution in [3.05, 3.63) is 23.2 Å². The number of thiophene rings is 1. The Hall–Kier alpha value is -2.93. The van der Waals surface area contributed by atoms with Crippen molar-refractivity contribution in [2.75, 3.05) is 71.0 Å². The number of hydrogen-bond donors (Lipinski definition) is 2. The third kappa shape index (κ3) is 5.41. The summed E-state index contributed by atoms with van der Waals surface area (Å²) in [4.78, 5) is 35.7. The molecule has 0 aliphatic carbocycles. The molecular weight excluding hydrogens is 456 g/mol. The van der Waals surface area contributed by atoms with Gasteiger partial charge >= 0.3 is 0 Å². The first-order valence-electron chi connectivity index (χ1n) is 11.2. The van der Waals surface area contributed by atoms with E-state index < -0.39 is 6.61 Å². The molecule has 4 rings (SSSR count). The molecule has 2 saturated heterocycles. The van der Waals surface area contributed by atoms with Crippen LogP contribution in [0.25, 0.3) is 15.8 Å². The molecule has 4 heterocycles. The van der Waals surface area contributed by atoms with Crippen LogP contribution in [0.4, 0.5) is 5.95 Å². The van der Waals surface area contributed by atoms with E-state index in [-0.39, 0.29) is 11.9 Å². The second-order valence-corrected chi connectivity index (χ2v) is 8.97. The molecule has 12 heteroatoms. The Kier molecular flexibility index (Phi) is 7.83. The number of allylic oxidation sites excluding steroid dienone is 1. The number of hydrogen-bond acceptors (Lipinski definition) is 9. The lowest BCUT2D eigenvalue weighted by molar-refractivity contribution is -0.135. The molecule has 2 fully saturated rings. The van der Waals surface area contributed by atoms with Crippen LogP contribution in [0.15, 0.2) is 21.9 Å². The maximum Gasteiger partial charge on any atom is 0.248 e. The average molecular weight is 487 g/mol. The Morgan fingerprint density at radius 2 is 2.00 bits per heavy atom. The molecule has 0 atom stereocenters. The van der Waals surface area contributed by atoms with E-state index in [1.54, 1.807) is 29.5 Å². The predicted octanol–water partition coefficient (Wildman–Crippen LogP) is 0.193. The van der Waals surface area contributed by atoms with Crippen LogP contribution in [0.3, 0.4) is 0 Å². The minimum Gasteiger partial charge on any atom is -0.387 e. The van der Waals surface area contributed by atoms with Crippen molar-refractivity contribution in [2.45, 2.75) is 6.54 Å². The van der Waals surface area contributed by atoms with Crippen LogP contribution in [0.2, 0.25) is 0 Å². The number of carbonyl (C=O) groups excluding carboxylic acids is 1. The summed E-state index contributed by atoms with van der Waals surface area (Å²) in [5, 5.41) is 11.2. The molecule has 0 bridgehead atoms. The molecule has 1 amide bonds. The Bertz CT molecular complexity index is 1100. The lowest BCUT2D eigenvalue weighted by Gasteiger charge is -2.34. The Labute approximate surface area is 202 Å². The summed E-state index contributed by atoms with van der Waals surface area (Å²) in [5.41, 5.74) is 9.10. The highest BCUT2D eigenvalue weighted by molar-refractivity contribution is 7.17. The lowest BCUT2D eigenvalue weighted by Crippen LogP contribution is -2.49. The monoisotopic (exact) mass is 486 g/mol. The largest absolute Gasteiger partial charge is 0.387 e. The molecule has 3 N–H and O–H groups in total. The number of aromatic nitrogens is 2. The van der Waals surface area contributed by atoms with Crippen molar-refractivity contribution in [1.29, 1.82) is 0 Å². The predicted molar refractivity (Wildman–Crippen MR) is 134 cm³/mol. The normalized spacial score (nSPS) is 18.2. The van der Waals surface area contributed by atoms with Crippen molar-refractivity contribution in [3.8, 4) is 0 Å². The van der Waals surface area contributed by atoms with Gasteiger partial charge in [-0.1, -0.05) is 6.58 Å². The number of piperazine rings is 1. The zero-order valence-electron chi connectivity index (χ0n) is 19.3. The van der Waals surface area contributed by atoms with E-state index in [9.17, 15) is 4.79 Å². The van der Waals surface area contributed by atoms with Gasteiger partial charge in [0.2, 0.25) is 17.8 Å². The summed E-state index contributed by atoms with van der Waals surface area (Å²) >= 11 is 1.59. The number of ether oxygens (including phenoxy) is 1. The highest BCUT2D eigenvalue weighted by Gasteiger charge is 2.24. The number of guanidine groups is 1. The van der Waals surface area contributed by atoms with Crippen molar-refractivity contribution in [2.24, 2.45) is 15.7 Å². The molecule has 11 nitrogen and oxygen atoms in total. The summed E-state index contributed by atoms with van der Waals surface area (Å²) in [5.74, 6) is 0.600. The van der Waals surface area contributed by atoms with Gasteiger partial charge in [0, 0.05) is 70.2 Å². The topological polar surface area (TPSA) is 133 Å². The van der Waals surface area contributed by atoms with E-state index in [0.29, 0.717) is 37.8 Å². The first kappa shape index (κ1) is 24.2. The second kappa shape index (κ2) is 11.0. The fraction of sp³-hybridized carbons (Fsp3) is 0.500. The molecule has 0 unspecified atom stereocenters. The van der Waals surface area contributed by atoms with Crippen LogP contribution in [0.1, 0.15) is 11.3 Å². The number of carbonyl (C=O) groups is 1. The van der Waals surface area contributed by atoms with E-state index in [4.69, 9.17) is 25.5 Å². The standard InChI is InChI=1S/C22H30N8O3S/c1-15(11-25-21(23)24-2)18-20-19(27-22(26-18)30-7-9-33-10-8-30)16(14-34-20)12-28-3-5-29(6-4-28)17(32)13-31/h11,14,31H,1,3-10,12-13H2,2H3,(H2,23,24)/b25-11-. The minimum absolute atomic E-state index is 0.172. The maximum atomic E-state index is 11.8. The van der Waals surface area contributed by atoms with Crippen LogP contribution in [-0.2, 0) is 16.1 Å². The van der Waals surface area contributed by atoms with Gasteiger partial charge < -0.3 is 25.4 Å². The number of amides is 1. The van der Waals surface area contributed by atoms with E-state index in [1.807, 2.05) is 0 Å². The quantitative estimate of drug-likeness (QED) is 0.437. The number of fused-ring (bicyclic) bond motifs is 1. The molecule has 34 heavy (non-hydrogen) atoms. The van der Waals surface area contributed by atoms with Crippen LogP contribution >= 0.6 is 11.3 Å². The van der Waals surface area contributed by atoms with Gasteiger partial charge in [-0.15, -0.1) is 11.3 Å². The molecule has 2 aliphatic heterocycles. The number of rotatable bonds is 6. The first-order valence-corrected chi connectivity index (χ1v) is 12.1. The number of nitrogens with two attached hydrogens (primary N) is 1. The van der Waals surface area contributed by atoms with Crippen molar-refractivity contribution >= 4 is 51.2 Å². The number of morpholine rings is 1. The van der Waals surface area contributed by atoms with Crippen molar-refractivity contribution < 1.29 is 14.6 Å². The van der Waals surface area contributed by atoms with Crippen LogP contribution in [-0.4, -0.2) is 109 Å². The van der Waals surface area contributed by atoms with E-state index in [2.05, 4.69) is 31.7 Å². The molecule has 182 valence electrons. The zero-order valence-corrected chi connectivity index (χ0v) is 20.1. The van der Waals surface area contributed by atoms with Gasteiger partial charge in [0.15, 0.2) is 0 Å². The number of aliphatic imine (C=N–C) groups is 2. The summed E-state index contributed by atoms with van der Waals surface area (Å²) in [6, 6.07) is 0.